The van der Waals surface area contributed by atoms with Gasteiger partial charge in [-0.3, -0.25) is 9.10 Å². The van der Waals surface area contributed by atoms with E-state index in [1.54, 1.807) is 12.1 Å². The van der Waals surface area contributed by atoms with Crippen molar-refractivity contribution in [1.29, 1.82) is 0 Å². The summed E-state index contributed by atoms with van der Waals surface area (Å²) in [5.74, 6) is -1.17. The quantitative estimate of drug-likeness (QED) is 0.683. The molecule has 0 saturated heterocycles. The molecule has 0 aliphatic heterocycles. The van der Waals surface area contributed by atoms with Gasteiger partial charge in [-0.15, -0.1) is 0 Å². The van der Waals surface area contributed by atoms with Crippen LogP contribution in [0.15, 0.2) is 53.4 Å². The van der Waals surface area contributed by atoms with Crippen molar-refractivity contribution in [3.63, 3.8) is 0 Å². The summed E-state index contributed by atoms with van der Waals surface area (Å²) >= 11 is 0. The standard InChI is InChI=1S/C20H24N2O5S/c1-4-12-21-19(23)14-27-20(24)16-6-5-7-18(13-16)28(25,26)22(3)17-10-8-15(2)9-11-17/h5-11,13H,4,12,14H2,1-3H3,(H,21,23). The zero-order valence-electron chi connectivity index (χ0n) is 16.1. The van der Waals surface area contributed by atoms with Gasteiger partial charge in [0.15, 0.2) is 6.61 Å². The lowest BCUT2D eigenvalue weighted by Crippen LogP contribution is -2.29. The van der Waals surface area contributed by atoms with Crippen LogP contribution in [0.5, 0.6) is 0 Å². The summed E-state index contributed by atoms with van der Waals surface area (Å²) in [6.45, 7) is 3.90. The molecule has 0 saturated carbocycles. The van der Waals surface area contributed by atoms with Crippen LogP contribution in [0, 0.1) is 6.92 Å². The van der Waals surface area contributed by atoms with Gasteiger partial charge in [0.25, 0.3) is 15.9 Å². The maximum absolute atomic E-state index is 12.9. The first-order valence-corrected chi connectivity index (χ1v) is 10.3. The zero-order chi connectivity index (χ0) is 20.7. The number of esters is 1. The monoisotopic (exact) mass is 404 g/mol. The van der Waals surface area contributed by atoms with Gasteiger partial charge in [-0.2, -0.15) is 0 Å². The van der Waals surface area contributed by atoms with Crippen molar-refractivity contribution < 1.29 is 22.7 Å². The summed E-state index contributed by atoms with van der Waals surface area (Å²) in [5.41, 5.74) is 1.58. The minimum Gasteiger partial charge on any atom is -0.452 e. The average molecular weight is 404 g/mol. The molecule has 0 unspecified atom stereocenters. The van der Waals surface area contributed by atoms with Crippen molar-refractivity contribution in [2.45, 2.75) is 25.2 Å². The molecule has 28 heavy (non-hydrogen) atoms. The predicted octanol–water partition coefficient (Wildman–Crippen LogP) is 2.50. The number of benzene rings is 2. The Bertz CT molecular complexity index is 939. The van der Waals surface area contributed by atoms with Crippen LogP contribution < -0.4 is 9.62 Å². The Morgan fingerprint density at radius 3 is 2.43 bits per heavy atom. The minimum absolute atomic E-state index is 0.0412. The molecular formula is C20H24N2O5S. The van der Waals surface area contributed by atoms with Crippen molar-refractivity contribution in [2.24, 2.45) is 0 Å². The van der Waals surface area contributed by atoms with Crippen LogP contribution in [0.25, 0.3) is 0 Å². The second-order valence-corrected chi connectivity index (χ2v) is 8.23. The summed E-state index contributed by atoms with van der Waals surface area (Å²) < 4.78 is 31.9. The van der Waals surface area contributed by atoms with Gasteiger partial charge in [-0.25, -0.2) is 13.2 Å². The van der Waals surface area contributed by atoms with Crippen LogP contribution in [0.4, 0.5) is 5.69 Å². The maximum Gasteiger partial charge on any atom is 0.338 e. The molecule has 8 heteroatoms. The molecule has 0 spiro atoms. The van der Waals surface area contributed by atoms with Crippen molar-refractivity contribution in [3.05, 3.63) is 59.7 Å². The third-order valence-electron chi connectivity index (χ3n) is 4.03. The highest BCUT2D eigenvalue weighted by Gasteiger charge is 2.23. The number of ether oxygens (including phenoxy) is 1. The maximum atomic E-state index is 12.9. The van der Waals surface area contributed by atoms with Crippen molar-refractivity contribution in [2.75, 3.05) is 24.5 Å². The summed E-state index contributed by atoms with van der Waals surface area (Å²) in [6, 6.07) is 12.6. The average Bonchev–Trinajstić information content (AvgIpc) is 2.70. The van der Waals surface area contributed by atoms with Gasteiger partial charge < -0.3 is 10.1 Å². The molecule has 1 N–H and O–H groups in total. The van der Waals surface area contributed by atoms with E-state index in [1.807, 2.05) is 26.0 Å². The molecule has 0 aliphatic carbocycles. The normalized spacial score (nSPS) is 11.0. The molecule has 1 amide bonds. The first-order valence-electron chi connectivity index (χ1n) is 8.85. The van der Waals surface area contributed by atoms with E-state index in [9.17, 15) is 18.0 Å². The summed E-state index contributed by atoms with van der Waals surface area (Å²) in [6.07, 6.45) is 0.772. The lowest BCUT2D eigenvalue weighted by atomic mass is 10.2. The van der Waals surface area contributed by atoms with Gasteiger partial charge in [0.2, 0.25) is 0 Å². The van der Waals surface area contributed by atoms with Gasteiger partial charge in [-0.1, -0.05) is 30.7 Å². The first kappa shape index (κ1) is 21.4. The van der Waals surface area contributed by atoms with Crippen molar-refractivity contribution in [1.82, 2.24) is 5.32 Å². The fraction of sp³-hybridized carbons (Fsp3) is 0.300. The number of amides is 1. The lowest BCUT2D eigenvalue weighted by molar-refractivity contribution is -0.124. The number of nitrogens with one attached hydrogen (secondary N) is 1. The van der Waals surface area contributed by atoms with Gasteiger partial charge >= 0.3 is 5.97 Å². The van der Waals surface area contributed by atoms with Gasteiger partial charge in [0, 0.05) is 13.6 Å². The second-order valence-electron chi connectivity index (χ2n) is 6.26. The highest BCUT2D eigenvalue weighted by atomic mass is 32.2. The molecule has 0 aromatic heterocycles. The van der Waals surface area contributed by atoms with E-state index in [0.29, 0.717) is 12.2 Å². The van der Waals surface area contributed by atoms with Gasteiger partial charge in [0.05, 0.1) is 16.1 Å². The Balaban J connectivity index is 2.15. The van der Waals surface area contributed by atoms with Gasteiger partial charge in [0.1, 0.15) is 0 Å². The van der Waals surface area contributed by atoms with Gasteiger partial charge in [-0.05, 0) is 43.7 Å². The summed E-state index contributed by atoms with van der Waals surface area (Å²) in [4.78, 5) is 23.7. The van der Waals surface area contributed by atoms with E-state index in [4.69, 9.17) is 4.74 Å². The predicted molar refractivity (Wildman–Crippen MR) is 107 cm³/mol. The van der Waals surface area contributed by atoms with Crippen LogP contribution >= 0.6 is 0 Å². The second kappa shape index (κ2) is 9.36. The van der Waals surface area contributed by atoms with Crippen LogP contribution in [0.2, 0.25) is 0 Å². The smallest absolute Gasteiger partial charge is 0.338 e. The number of hydrogen-bond donors (Lipinski definition) is 1. The van der Waals surface area contributed by atoms with Crippen molar-refractivity contribution in [3.8, 4) is 0 Å². The Morgan fingerprint density at radius 2 is 1.79 bits per heavy atom. The highest BCUT2D eigenvalue weighted by Crippen LogP contribution is 2.23. The third-order valence-corrected chi connectivity index (χ3v) is 5.81. The number of carbonyl (C=O) groups excluding carboxylic acids is 2. The molecule has 0 aliphatic rings. The van der Waals surface area contributed by atoms with Crippen LogP contribution in [-0.4, -0.2) is 40.5 Å². The van der Waals surface area contributed by atoms with Crippen molar-refractivity contribution >= 4 is 27.6 Å². The van der Waals surface area contributed by atoms with E-state index in [1.165, 1.54) is 31.3 Å². The van der Waals surface area contributed by atoms with E-state index in [-0.39, 0.29) is 10.5 Å². The molecular weight excluding hydrogens is 380 g/mol. The van der Waals surface area contributed by atoms with E-state index < -0.39 is 28.5 Å². The Morgan fingerprint density at radius 1 is 1.11 bits per heavy atom. The number of hydrogen-bond acceptors (Lipinski definition) is 5. The molecule has 7 nitrogen and oxygen atoms in total. The Labute approximate surface area is 165 Å². The van der Waals surface area contributed by atoms with E-state index in [0.717, 1.165) is 16.3 Å². The fourth-order valence-corrected chi connectivity index (χ4v) is 3.61. The molecule has 0 radical (unpaired) electrons. The third kappa shape index (κ3) is 5.32. The van der Waals surface area contributed by atoms with Crippen LogP contribution in [0.3, 0.4) is 0 Å². The number of sulfonamides is 1. The molecule has 150 valence electrons. The zero-order valence-corrected chi connectivity index (χ0v) is 17.0. The minimum atomic E-state index is -3.86. The summed E-state index contributed by atoms with van der Waals surface area (Å²) in [7, 11) is -2.41. The van der Waals surface area contributed by atoms with E-state index >= 15 is 0 Å². The number of anilines is 1. The summed E-state index contributed by atoms with van der Waals surface area (Å²) in [5, 5.41) is 2.59. The van der Waals surface area contributed by atoms with Crippen LogP contribution in [-0.2, 0) is 19.6 Å². The fourth-order valence-electron chi connectivity index (χ4n) is 2.36. The topological polar surface area (TPSA) is 92.8 Å². The Kier molecular flexibility index (Phi) is 7.17. The largest absolute Gasteiger partial charge is 0.452 e. The molecule has 0 fully saturated rings. The highest BCUT2D eigenvalue weighted by molar-refractivity contribution is 7.92. The SMILES string of the molecule is CCCNC(=O)COC(=O)c1cccc(S(=O)(=O)N(C)c2ccc(C)cc2)c1. The number of aryl methyl sites for hydroxylation is 1. The van der Waals surface area contributed by atoms with E-state index in [2.05, 4.69) is 5.32 Å². The number of carbonyl (C=O) groups is 2. The molecule has 0 atom stereocenters. The molecule has 2 rings (SSSR count). The first-order chi connectivity index (χ1) is 13.3. The number of rotatable bonds is 8. The van der Waals surface area contributed by atoms with Crippen LogP contribution in [0.1, 0.15) is 29.3 Å². The molecule has 0 heterocycles. The molecule has 2 aromatic rings. The number of nitrogens with zero attached hydrogens (tertiary/aromatic N) is 1. The lowest BCUT2D eigenvalue weighted by Gasteiger charge is -2.20. The molecule has 2 aromatic carbocycles. The molecule has 0 bridgehead atoms. The Hall–Kier alpha value is -2.87.